The summed E-state index contributed by atoms with van der Waals surface area (Å²) in [4.78, 5) is 28.6. The van der Waals surface area contributed by atoms with Gasteiger partial charge in [-0.25, -0.2) is 0 Å². The van der Waals surface area contributed by atoms with Gasteiger partial charge in [-0.3, -0.25) is 14.9 Å². The summed E-state index contributed by atoms with van der Waals surface area (Å²) >= 11 is 0. The normalized spacial score (nSPS) is 24.8. The summed E-state index contributed by atoms with van der Waals surface area (Å²) in [5.74, 6) is 0.693. The maximum atomic E-state index is 12.9. The Bertz CT molecular complexity index is 759. The molecule has 2 atom stereocenters. The SMILES string of the molecule is C[C@@H](NC(=O)C1CCN(c2ccccc2[N+](=O)[O-])CC1)[C@@H]1CCCN(C2CCC2)C1. The van der Waals surface area contributed by atoms with E-state index in [2.05, 4.69) is 17.1 Å². The quantitative estimate of drug-likeness (QED) is 0.569. The molecule has 1 aromatic carbocycles. The lowest BCUT2D eigenvalue weighted by Crippen LogP contribution is -2.52. The molecule has 1 aromatic rings. The first-order valence-corrected chi connectivity index (χ1v) is 11.6. The topological polar surface area (TPSA) is 78.7 Å². The third-order valence-electron chi connectivity index (χ3n) is 7.44. The number of nitro groups is 1. The lowest BCUT2D eigenvalue weighted by molar-refractivity contribution is -0.384. The average molecular weight is 415 g/mol. The van der Waals surface area contributed by atoms with Gasteiger partial charge in [0.15, 0.2) is 0 Å². The number of anilines is 1. The maximum Gasteiger partial charge on any atom is 0.292 e. The highest BCUT2D eigenvalue weighted by molar-refractivity contribution is 5.79. The third kappa shape index (κ3) is 4.61. The molecule has 1 saturated carbocycles. The summed E-state index contributed by atoms with van der Waals surface area (Å²) in [5, 5.41) is 14.6. The summed E-state index contributed by atoms with van der Waals surface area (Å²) in [6, 6.07) is 7.86. The van der Waals surface area contributed by atoms with Crippen molar-refractivity contribution >= 4 is 17.3 Å². The Kier molecular flexibility index (Phi) is 6.56. The Morgan fingerprint density at radius 3 is 2.50 bits per heavy atom. The zero-order chi connectivity index (χ0) is 21.1. The van der Waals surface area contributed by atoms with Crippen molar-refractivity contribution in [3.8, 4) is 0 Å². The molecule has 3 fully saturated rings. The fourth-order valence-corrected chi connectivity index (χ4v) is 5.26. The van der Waals surface area contributed by atoms with Crippen molar-refractivity contribution in [1.29, 1.82) is 0 Å². The summed E-state index contributed by atoms with van der Waals surface area (Å²) < 4.78 is 0. The van der Waals surface area contributed by atoms with Gasteiger partial charge in [0.05, 0.1) is 4.92 Å². The van der Waals surface area contributed by atoms with Crippen LogP contribution in [0.2, 0.25) is 0 Å². The molecule has 7 heteroatoms. The van der Waals surface area contributed by atoms with Crippen molar-refractivity contribution < 1.29 is 9.72 Å². The van der Waals surface area contributed by atoms with E-state index in [1.54, 1.807) is 18.2 Å². The van der Waals surface area contributed by atoms with Gasteiger partial charge in [0.25, 0.3) is 5.69 Å². The van der Waals surface area contributed by atoms with Crippen LogP contribution in [0.5, 0.6) is 0 Å². The van der Waals surface area contributed by atoms with Gasteiger partial charge in [-0.2, -0.15) is 0 Å². The molecule has 2 saturated heterocycles. The number of nitrogens with one attached hydrogen (secondary N) is 1. The van der Waals surface area contributed by atoms with E-state index in [1.807, 2.05) is 11.0 Å². The van der Waals surface area contributed by atoms with E-state index in [0.29, 0.717) is 24.7 Å². The third-order valence-corrected chi connectivity index (χ3v) is 7.44. The molecule has 1 aliphatic carbocycles. The number of rotatable bonds is 6. The van der Waals surface area contributed by atoms with Crippen LogP contribution in [0.4, 0.5) is 11.4 Å². The Hall–Kier alpha value is -2.15. The number of carbonyl (C=O) groups excluding carboxylic acids is 1. The van der Waals surface area contributed by atoms with Gasteiger partial charge in [0.2, 0.25) is 5.91 Å². The summed E-state index contributed by atoms with van der Waals surface area (Å²) in [7, 11) is 0. The molecule has 0 aromatic heterocycles. The standard InChI is InChI=1S/C23H34N4O3/c1-17(19-6-5-13-26(16-19)20-7-4-8-20)24-23(28)18-11-14-25(15-12-18)21-9-2-3-10-22(21)27(29)30/h2-3,9-10,17-20H,4-8,11-16H2,1H3,(H,24,28)/t17-,19-/m1/s1. The molecule has 1 N–H and O–H groups in total. The van der Waals surface area contributed by atoms with Gasteiger partial charge in [-0.1, -0.05) is 18.6 Å². The number of likely N-dealkylation sites (tertiary alicyclic amines) is 1. The van der Waals surface area contributed by atoms with Gasteiger partial charge >= 0.3 is 0 Å². The van der Waals surface area contributed by atoms with Crippen LogP contribution in [0.3, 0.4) is 0 Å². The van der Waals surface area contributed by atoms with Crippen LogP contribution in [-0.4, -0.2) is 54.0 Å². The summed E-state index contributed by atoms with van der Waals surface area (Å²) in [6.07, 6.45) is 7.95. The Morgan fingerprint density at radius 1 is 1.10 bits per heavy atom. The van der Waals surface area contributed by atoms with Gasteiger partial charge in [-0.15, -0.1) is 0 Å². The monoisotopic (exact) mass is 414 g/mol. The first-order chi connectivity index (χ1) is 14.5. The molecule has 164 valence electrons. The Morgan fingerprint density at radius 2 is 1.83 bits per heavy atom. The second-order valence-electron chi connectivity index (χ2n) is 9.29. The summed E-state index contributed by atoms with van der Waals surface area (Å²) in [6.45, 7) is 5.84. The molecule has 0 unspecified atom stereocenters. The predicted molar refractivity (Wildman–Crippen MR) is 118 cm³/mol. The predicted octanol–water partition coefficient (Wildman–Crippen LogP) is 3.58. The second-order valence-corrected chi connectivity index (χ2v) is 9.29. The van der Waals surface area contributed by atoms with E-state index >= 15 is 0 Å². The highest BCUT2D eigenvalue weighted by atomic mass is 16.6. The number of piperidine rings is 2. The zero-order valence-electron chi connectivity index (χ0n) is 18.0. The number of para-hydroxylation sites is 2. The van der Waals surface area contributed by atoms with Gasteiger partial charge in [-0.05, 0) is 64.0 Å². The molecule has 4 rings (SSSR count). The number of hydrogen-bond acceptors (Lipinski definition) is 5. The van der Waals surface area contributed by atoms with Crippen LogP contribution in [0.1, 0.15) is 51.9 Å². The van der Waals surface area contributed by atoms with Crippen molar-refractivity contribution in [2.45, 2.75) is 64.0 Å². The fourth-order valence-electron chi connectivity index (χ4n) is 5.26. The minimum Gasteiger partial charge on any atom is -0.366 e. The molecule has 1 amide bonds. The van der Waals surface area contributed by atoms with E-state index in [9.17, 15) is 14.9 Å². The molecular formula is C23H34N4O3. The lowest BCUT2D eigenvalue weighted by Gasteiger charge is -2.44. The molecule has 7 nitrogen and oxygen atoms in total. The number of nitrogens with zero attached hydrogens (tertiary/aromatic N) is 3. The second kappa shape index (κ2) is 9.33. The van der Waals surface area contributed by atoms with Crippen LogP contribution in [-0.2, 0) is 4.79 Å². The van der Waals surface area contributed by atoms with E-state index in [1.165, 1.54) is 38.6 Å². The average Bonchev–Trinajstić information content (AvgIpc) is 2.73. The van der Waals surface area contributed by atoms with E-state index in [-0.39, 0.29) is 28.5 Å². The number of amides is 1. The summed E-state index contributed by atoms with van der Waals surface area (Å²) in [5.41, 5.74) is 0.801. The zero-order valence-corrected chi connectivity index (χ0v) is 18.0. The Balaban J connectivity index is 1.28. The van der Waals surface area contributed by atoms with Crippen LogP contribution in [0.25, 0.3) is 0 Å². The van der Waals surface area contributed by atoms with E-state index in [0.717, 1.165) is 25.4 Å². The van der Waals surface area contributed by atoms with Crippen molar-refractivity contribution in [2.24, 2.45) is 11.8 Å². The lowest BCUT2D eigenvalue weighted by atomic mass is 9.85. The first-order valence-electron chi connectivity index (χ1n) is 11.6. The minimum absolute atomic E-state index is 0.00204. The number of benzene rings is 1. The minimum atomic E-state index is -0.327. The first kappa shape index (κ1) is 21.1. The molecule has 0 bridgehead atoms. The molecule has 0 spiro atoms. The van der Waals surface area contributed by atoms with Crippen molar-refractivity contribution in [3.63, 3.8) is 0 Å². The van der Waals surface area contributed by atoms with Crippen molar-refractivity contribution in [1.82, 2.24) is 10.2 Å². The van der Waals surface area contributed by atoms with Crippen LogP contribution in [0.15, 0.2) is 24.3 Å². The molecule has 2 heterocycles. The van der Waals surface area contributed by atoms with Crippen molar-refractivity contribution in [3.05, 3.63) is 34.4 Å². The van der Waals surface area contributed by atoms with Crippen LogP contribution >= 0.6 is 0 Å². The van der Waals surface area contributed by atoms with Crippen LogP contribution in [0, 0.1) is 22.0 Å². The number of hydrogen-bond donors (Lipinski definition) is 1. The molecule has 0 radical (unpaired) electrons. The van der Waals surface area contributed by atoms with E-state index in [4.69, 9.17) is 0 Å². The Labute approximate surface area is 179 Å². The van der Waals surface area contributed by atoms with Gasteiger partial charge in [0, 0.05) is 43.7 Å². The molecule has 2 aliphatic heterocycles. The van der Waals surface area contributed by atoms with E-state index < -0.39 is 0 Å². The maximum absolute atomic E-state index is 12.9. The van der Waals surface area contributed by atoms with Crippen LogP contribution < -0.4 is 10.2 Å². The fraction of sp³-hybridized carbons (Fsp3) is 0.696. The number of carbonyl (C=O) groups is 1. The molecule has 3 aliphatic rings. The highest BCUT2D eigenvalue weighted by Gasteiger charge is 2.33. The molecular weight excluding hydrogens is 380 g/mol. The highest BCUT2D eigenvalue weighted by Crippen LogP contribution is 2.32. The number of nitro benzene ring substituents is 1. The molecule has 30 heavy (non-hydrogen) atoms. The van der Waals surface area contributed by atoms with Gasteiger partial charge < -0.3 is 15.1 Å². The largest absolute Gasteiger partial charge is 0.366 e. The van der Waals surface area contributed by atoms with Gasteiger partial charge in [0.1, 0.15) is 5.69 Å². The van der Waals surface area contributed by atoms with Crippen molar-refractivity contribution in [2.75, 3.05) is 31.1 Å². The smallest absolute Gasteiger partial charge is 0.292 e.